The maximum atomic E-state index is 6.20. The van der Waals surface area contributed by atoms with Gasteiger partial charge in [-0.2, -0.15) is 5.10 Å². The van der Waals surface area contributed by atoms with E-state index in [1.54, 1.807) is 6.20 Å². The number of anilines is 3. The highest BCUT2D eigenvalue weighted by Crippen LogP contribution is 2.31. The number of nitrogen functional groups attached to an aromatic ring is 1. The van der Waals surface area contributed by atoms with Crippen LogP contribution < -0.4 is 15.8 Å². The van der Waals surface area contributed by atoms with Crippen LogP contribution in [0.5, 0.6) is 5.75 Å². The van der Waals surface area contributed by atoms with Crippen molar-refractivity contribution >= 4 is 37.0 Å². The molecule has 0 radical (unpaired) electrons. The standard InChI is InChI=1S/C27H32ClN5O2Si/c1-36(2,3)15-14-34-19-33-27(31-26-6-4-5-13-30-26)17-24(32-33)21-9-12-23(29)25(16-21)35-18-20-7-10-22(28)11-8-20/h4-13,16-17H,14-15,18-19,29H2,1-3H3,(H,30,31). The summed E-state index contributed by atoms with van der Waals surface area (Å²) in [5.41, 5.74) is 9.43. The van der Waals surface area contributed by atoms with Gasteiger partial charge in [0.25, 0.3) is 0 Å². The number of hydrogen-bond acceptors (Lipinski definition) is 6. The van der Waals surface area contributed by atoms with Crippen LogP contribution in [0.25, 0.3) is 11.3 Å². The number of halogens is 1. The lowest BCUT2D eigenvalue weighted by atomic mass is 10.1. The van der Waals surface area contributed by atoms with Crippen molar-refractivity contribution in [3.8, 4) is 17.0 Å². The average molecular weight is 522 g/mol. The Labute approximate surface area is 218 Å². The third kappa shape index (κ3) is 7.33. The summed E-state index contributed by atoms with van der Waals surface area (Å²) in [6.07, 6.45) is 1.75. The molecule has 2 aromatic heterocycles. The van der Waals surface area contributed by atoms with E-state index in [0.29, 0.717) is 36.4 Å². The van der Waals surface area contributed by atoms with Gasteiger partial charge in [0.1, 0.15) is 30.7 Å². The van der Waals surface area contributed by atoms with Crippen LogP contribution in [-0.4, -0.2) is 29.4 Å². The molecule has 0 fully saturated rings. The summed E-state index contributed by atoms with van der Waals surface area (Å²) in [5.74, 6) is 2.12. The molecule has 4 rings (SSSR count). The third-order valence-electron chi connectivity index (χ3n) is 5.53. The van der Waals surface area contributed by atoms with E-state index in [2.05, 4.69) is 29.9 Å². The Bertz CT molecular complexity index is 1270. The topological polar surface area (TPSA) is 87.2 Å². The lowest BCUT2D eigenvalue weighted by Gasteiger charge is -2.16. The Hall–Kier alpha value is -3.33. The first-order valence-corrected chi connectivity index (χ1v) is 16.0. The van der Waals surface area contributed by atoms with Gasteiger partial charge in [-0.3, -0.25) is 0 Å². The van der Waals surface area contributed by atoms with Crippen molar-refractivity contribution in [1.29, 1.82) is 0 Å². The minimum atomic E-state index is -1.18. The average Bonchev–Trinajstić information content (AvgIpc) is 3.25. The van der Waals surface area contributed by atoms with Gasteiger partial charge in [-0.05, 0) is 48.0 Å². The van der Waals surface area contributed by atoms with Crippen LogP contribution in [0.4, 0.5) is 17.3 Å². The van der Waals surface area contributed by atoms with Crippen molar-refractivity contribution in [3.63, 3.8) is 0 Å². The van der Waals surface area contributed by atoms with E-state index < -0.39 is 8.07 Å². The molecule has 0 bridgehead atoms. The van der Waals surface area contributed by atoms with E-state index >= 15 is 0 Å². The van der Waals surface area contributed by atoms with Crippen LogP contribution in [0.3, 0.4) is 0 Å². The van der Waals surface area contributed by atoms with E-state index in [-0.39, 0.29) is 0 Å². The fourth-order valence-corrected chi connectivity index (χ4v) is 4.30. The summed E-state index contributed by atoms with van der Waals surface area (Å²) in [5, 5.41) is 8.85. The van der Waals surface area contributed by atoms with Gasteiger partial charge in [0, 0.05) is 37.5 Å². The van der Waals surface area contributed by atoms with E-state index in [0.717, 1.165) is 34.5 Å². The van der Waals surface area contributed by atoms with Crippen molar-refractivity contribution in [2.24, 2.45) is 0 Å². The highest BCUT2D eigenvalue weighted by atomic mass is 35.5. The maximum absolute atomic E-state index is 6.20. The molecule has 188 valence electrons. The van der Waals surface area contributed by atoms with Crippen LogP contribution in [0.1, 0.15) is 5.56 Å². The predicted octanol–water partition coefficient (Wildman–Crippen LogP) is 6.82. The molecular weight excluding hydrogens is 490 g/mol. The maximum Gasteiger partial charge on any atom is 0.143 e. The zero-order chi connectivity index (χ0) is 25.5. The molecule has 2 heterocycles. The Morgan fingerprint density at radius 3 is 2.56 bits per heavy atom. The fraction of sp³-hybridized carbons (Fsp3) is 0.259. The number of nitrogens with zero attached hydrogens (tertiary/aromatic N) is 3. The van der Waals surface area contributed by atoms with Gasteiger partial charge in [0.15, 0.2) is 0 Å². The van der Waals surface area contributed by atoms with E-state index in [4.69, 9.17) is 31.9 Å². The molecule has 0 amide bonds. The highest BCUT2D eigenvalue weighted by molar-refractivity contribution is 6.76. The predicted molar refractivity (Wildman–Crippen MR) is 149 cm³/mol. The molecule has 0 atom stereocenters. The molecule has 2 aromatic carbocycles. The van der Waals surface area contributed by atoms with Crippen LogP contribution in [-0.2, 0) is 18.1 Å². The first kappa shape index (κ1) is 25.8. The number of nitrogens with one attached hydrogen (secondary N) is 1. The van der Waals surface area contributed by atoms with Crippen molar-refractivity contribution in [3.05, 3.63) is 83.5 Å². The highest BCUT2D eigenvalue weighted by Gasteiger charge is 2.15. The Balaban J connectivity index is 1.54. The number of rotatable bonds is 11. The molecule has 9 heteroatoms. The Morgan fingerprint density at radius 2 is 1.83 bits per heavy atom. The Morgan fingerprint density at radius 1 is 1.03 bits per heavy atom. The van der Waals surface area contributed by atoms with E-state index in [1.807, 2.05) is 71.4 Å². The van der Waals surface area contributed by atoms with Crippen LogP contribution in [0.2, 0.25) is 30.7 Å². The lowest BCUT2D eigenvalue weighted by molar-refractivity contribution is 0.0803. The SMILES string of the molecule is C[Si](C)(C)CCOCn1nc(-c2ccc(N)c(OCc3ccc(Cl)cc3)c2)cc1Nc1ccccn1. The molecule has 0 aliphatic carbocycles. The van der Waals surface area contributed by atoms with Crippen molar-refractivity contribution in [2.75, 3.05) is 17.7 Å². The van der Waals surface area contributed by atoms with Crippen molar-refractivity contribution in [1.82, 2.24) is 14.8 Å². The minimum Gasteiger partial charge on any atom is -0.487 e. The summed E-state index contributed by atoms with van der Waals surface area (Å²) in [7, 11) is -1.18. The van der Waals surface area contributed by atoms with Gasteiger partial charge in [0.05, 0.1) is 11.4 Å². The Kier molecular flexibility index (Phi) is 8.30. The van der Waals surface area contributed by atoms with Gasteiger partial charge >= 0.3 is 0 Å². The summed E-state index contributed by atoms with van der Waals surface area (Å²) >= 11 is 5.98. The number of hydrogen-bond donors (Lipinski definition) is 2. The summed E-state index contributed by atoms with van der Waals surface area (Å²) in [6, 6.07) is 22.0. The quantitative estimate of drug-likeness (QED) is 0.128. The normalized spacial score (nSPS) is 11.4. The molecule has 36 heavy (non-hydrogen) atoms. The van der Waals surface area contributed by atoms with Crippen LogP contribution in [0.15, 0.2) is 72.9 Å². The fourth-order valence-electron chi connectivity index (χ4n) is 3.41. The second-order valence-electron chi connectivity index (χ2n) is 9.77. The molecule has 3 N–H and O–H groups in total. The van der Waals surface area contributed by atoms with Crippen molar-refractivity contribution in [2.45, 2.75) is 39.0 Å². The number of nitrogens with two attached hydrogens (primary N) is 1. The van der Waals surface area contributed by atoms with Crippen LogP contribution in [0, 0.1) is 0 Å². The number of ether oxygens (including phenoxy) is 2. The number of pyridine rings is 1. The first-order chi connectivity index (χ1) is 17.3. The third-order valence-corrected chi connectivity index (χ3v) is 7.48. The van der Waals surface area contributed by atoms with Crippen molar-refractivity contribution < 1.29 is 9.47 Å². The first-order valence-electron chi connectivity index (χ1n) is 11.9. The smallest absolute Gasteiger partial charge is 0.143 e. The van der Waals surface area contributed by atoms with Gasteiger partial charge in [0.2, 0.25) is 0 Å². The molecule has 7 nitrogen and oxygen atoms in total. The zero-order valence-electron chi connectivity index (χ0n) is 20.9. The minimum absolute atomic E-state index is 0.342. The van der Waals surface area contributed by atoms with Gasteiger partial charge < -0.3 is 20.5 Å². The number of aromatic nitrogens is 3. The monoisotopic (exact) mass is 521 g/mol. The molecule has 0 saturated carbocycles. The van der Waals surface area contributed by atoms with Gasteiger partial charge in [-0.15, -0.1) is 0 Å². The summed E-state index contributed by atoms with van der Waals surface area (Å²) < 4.78 is 13.8. The lowest BCUT2D eigenvalue weighted by Crippen LogP contribution is -2.22. The summed E-state index contributed by atoms with van der Waals surface area (Å²) in [6.45, 7) is 8.45. The zero-order valence-corrected chi connectivity index (χ0v) is 22.6. The van der Waals surface area contributed by atoms with Gasteiger partial charge in [-0.1, -0.05) is 55.5 Å². The second kappa shape index (κ2) is 11.6. The van der Waals surface area contributed by atoms with Crippen LogP contribution >= 0.6 is 11.6 Å². The number of benzene rings is 2. The molecular formula is C27H32ClN5O2Si. The molecule has 0 unspecified atom stereocenters. The van der Waals surface area contributed by atoms with E-state index in [9.17, 15) is 0 Å². The second-order valence-corrected chi connectivity index (χ2v) is 15.8. The largest absolute Gasteiger partial charge is 0.487 e. The van der Waals surface area contributed by atoms with Gasteiger partial charge in [-0.25, -0.2) is 9.67 Å². The molecule has 0 aliphatic heterocycles. The van der Waals surface area contributed by atoms with E-state index in [1.165, 1.54) is 0 Å². The molecule has 0 aliphatic rings. The molecule has 4 aromatic rings. The summed E-state index contributed by atoms with van der Waals surface area (Å²) in [4.78, 5) is 4.38. The molecule has 0 spiro atoms. The molecule has 0 saturated heterocycles.